The SMILES string of the molecule is Oc1ccc2ccccc2c1CN1CC[C@@H](O)C1. The summed E-state index contributed by atoms with van der Waals surface area (Å²) in [5.41, 5.74) is 0.960. The van der Waals surface area contributed by atoms with Gasteiger partial charge in [-0.05, 0) is 23.3 Å². The number of aliphatic hydroxyl groups excluding tert-OH is 1. The van der Waals surface area contributed by atoms with Crippen LogP contribution in [-0.4, -0.2) is 34.3 Å². The molecule has 0 bridgehead atoms. The van der Waals surface area contributed by atoms with E-state index in [1.165, 1.54) is 0 Å². The third-order valence-electron chi connectivity index (χ3n) is 3.65. The molecule has 1 saturated heterocycles. The third-order valence-corrected chi connectivity index (χ3v) is 3.65. The Balaban J connectivity index is 1.97. The Labute approximate surface area is 106 Å². The molecule has 0 spiro atoms. The van der Waals surface area contributed by atoms with E-state index in [-0.39, 0.29) is 6.10 Å². The van der Waals surface area contributed by atoms with Gasteiger partial charge in [-0.15, -0.1) is 0 Å². The molecule has 1 atom stereocenters. The second kappa shape index (κ2) is 4.59. The third kappa shape index (κ3) is 2.07. The van der Waals surface area contributed by atoms with Crippen molar-refractivity contribution in [2.24, 2.45) is 0 Å². The summed E-state index contributed by atoms with van der Waals surface area (Å²) in [5.74, 6) is 0.343. The maximum Gasteiger partial charge on any atom is 0.120 e. The zero-order valence-corrected chi connectivity index (χ0v) is 10.2. The highest BCUT2D eigenvalue weighted by atomic mass is 16.3. The molecule has 2 aromatic carbocycles. The van der Waals surface area contributed by atoms with Gasteiger partial charge in [-0.1, -0.05) is 30.3 Å². The highest BCUT2D eigenvalue weighted by Gasteiger charge is 2.21. The Bertz CT molecular complexity index is 567. The van der Waals surface area contributed by atoms with Crippen LogP contribution in [0.15, 0.2) is 36.4 Å². The first-order chi connectivity index (χ1) is 8.74. The molecule has 1 fully saturated rings. The van der Waals surface area contributed by atoms with Crippen molar-refractivity contribution in [1.29, 1.82) is 0 Å². The smallest absolute Gasteiger partial charge is 0.120 e. The number of aromatic hydroxyl groups is 1. The van der Waals surface area contributed by atoms with Gasteiger partial charge in [0.1, 0.15) is 5.75 Å². The summed E-state index contributed by atoms with van der Waals surface area (Å²) in [6.45, 7) is 2.29. The molecule has 0 unspecified atom stereocenters. The molecule has 1 heterocycles. The molecule has 0 saturated carbocycles. The van der Waals surface area contributed by atoms with Crippen LogP contribution in [0.5, 0.6) is 5.75 Å². The molecule has 2 aromatic rings. The number of β-amino-alcohol motifs (C(OH)–C–C–N with tert-alkyl or cyclic N) is 1. The molecule has 2 N–H and O–H groups in total. The predicted molar refractivity (Wildman–Crippen MR) is 71.5 cm³/mol. The van der Waals surface area contributed by atoms with Crippen molar-refractivity contribution in [3.63, 3.8) is 0 Å². The Hall–Kier alpha value is -1.58. The summed E-state index contributed by atoms with van der Waals surface area (Å²) in [6.07, 6.45) is 0.605. The van der Waals surface area contributed by atoms with Crippen molar-refractivity contribution in [3.8, 4) is 5.75 Å². The van der Waals surface area contributed by atoms with Gasteiger partial charge in [-0.2, -0.15) is 0 Å². The molecule has 0 aromatic heterocycles. The lowest BCUT2D eigenvalue weighted by Gasteiger charge is -2.17. The first kappa shape index (κ1) is 11.5. The fraction of sp³-hybridized carbons (Fsp3) is 0.333. The summed E-state index contributed by atoms with van der Waals surface area (Å²) < 4.78 is 0. The van der Waals surface area contributed by atoms with E-state index in [9.17, 15) is 10.2 Å². The Morgan fingerprint density at radius 1 is 1.17 bits per heavy atom. The molecule has 3 rings (SSSR count). The van der Waals surface area contributed by atoms with Gasteiger partial charge in [0, 0.05) is 25.2 Å². The van der Waals surface area contributed by atoms with Gasteiger partial charge in [-0.25, -0.2) is 0 Å². The largest absolute Gasteiger partial charge is 0.508 e. The van der Waals surface area contributed by atoms with Crippen LogP contribution in [0.1, 0.15) is 12.0 Å². The highest BCUT2D eigenvalue weighted by molar-refractivity contribution is 5.87. The molecule has 1 aliphatic heterocycles. The lowest BCUT2D eigenvalue weighted by Crippen LogP contribution is -2.21. The summed E-state index contributed by atoms with van der Waals surface area (Å²) in [5, 5.41) is 21.8. The van der Waals surface area contributed by atoms with E-state index in [1.807, 2.05) is 24.3 Å². The highest BCUT2D eigenvalue weighted by Crippen LogP contribution is 2.29. The Morgan fingerprint density at radius 2 is 2.00 bits per heavy atom. The average molecular weight is 243 g/mol. The molecule has 0 aliphatic carbocycles. The zero-order valence-electron chi connectivity index (χ0n) is 10.2. The maximum absolute atomic E-state index is 10.0. The van der Waals surface area contributed by atoms with E-state index in [1.54, 1.807) is 6.07 Å². The van der Waals surface area contributed by atoms with Crippen LogP contribution in [0.3, 0.4) is 0 Å². The summed E-state index contributed by atoms with van der Waals surface area (Å²) in [6, 6.07) is 11.8. The predicted octanol–water partition coefficient (Wildman–Crippen LogP) is 2.11. The van der Waals surface area contributed by atoms with Gasteiger partial charge in [0.25, 0.3) is 0 Å². The topological polar surface area (TPSA) is 43.7 Å². The quantitative estimate of drug-likeness (QED) is 0.849. The molecule has 1 aliphatic rings. The zero-order chi connectivity index (χ0) is 12.5. The monoisotopic (exact) mass is 243 g/mol. The molecule has 18 heavy (non-hydrogen) atoms. The molecular weight excluding hydrogens is 226 g/mol. The fourth-order valence-corrected chi connectivity index (χ4v) is 2.67. The number of phenolic OH excluding ortho intramolecular Hbond substituents is 1. The van der Waals surface area contributed by atoms with Crippen LogP contribution < -0.4 is 0 Å². The van der Waals surface area contributed by atoms with Gasteiger partial charge in [-0.3, -0.25) is 4.90 Å². The number of likely N-dealkylation sites (tertiary alicyclic amines) is 1. The number of benzene rings is 2. The second-order valence-corrected chi connectivity index (χ2v) is 4.96. The van der Waals surface area contributed by atoms with Gasteiger partial charge in [0.2, 0.25) is 0 Å². The van der Waals surface area contributed by atoms with E-state index in [0.29, 0.717) is 18.8 Å². The minimum Gasteiger partial charge on any atom is -0.508 e. The van der Waals surface area contributed by atoms with Gasteiger partial charge >= 0.3 is 0 Å². The number of fused-ring (bicyclic) bond motifs is 1. The van der Waals surface area contributed by atoms with Gasteiger partial charge in [0.15, 0.2) is 0 Å². The maximum atomic E-state index is 10.0. The number of hydrogen-bond donors (Lipinski definition) is 2. The van der Waals surface area contributed by atoms with E-state index in [0.717, 1.165) is 29.3 Å². The van der Waals surface area contributed by atoms with Crippen molar-refractivity contribution in [3.05, 3.63) is 42.0 Å². The molecule has 3 heteroatoms. The lowest BCUT2D eigenvalue weighted by atomic mass is 10.0. The van der Waals surface area contributed by atoms with Crippen LogP contribution in [0.2, 0.25) is 0 Å². The standard InChI is InChI=1S/C15H17NO2/c17-12-7-8-16(9-12)10-14-13-4-2-1-3-11(13)5-6-15(14)18/h1-6,12,17-18H,7-10H2/t12-/m1/s1. The van der Waals surface area contributed by atoms with E-state index < -0.39 is 0 Å². The van der Waals surface area contributed by atoms with Crippen molar-refractivity contribution < 1.29 is 10.2 Å². The first-order valence-electron chi connectivity index (χ1n) is 6.34. The van der Waals surface area contributed by atoms with Crippen LogP contribution in [-0.2, 0) is 6.54 Å². The van der Waals surface area contributed by atoms with Crippen LogP contribution >= 0.6 is 0 Å². The minimum absolute atomic E-state index is 0.220. The lowest BCUT2D eigenvalue weighted by molar-refractivity contribution is 0.174. The van der Waals surface area contributed by atoms with Crippen LogP contribution in [0.4, 0.5) is 0 Å². The second-order valence-electron chi connectivity index (χ2n) is 4.96. The molecule has 0 amide bonds. The van der Waals surface area contributed by atoms with Crippen LogP contribution in [0, 0.1) is 0 Å². The Kier molecular flexibility index (Phi) is 2.94. The first-order valence-corrected chi connectivity index (χ1v) is 6.34. The van der Waals surface area contributed by atoms with Gasteiger partial charge in [0.05, 0.1) is 6.10 Å². The number of nitrogens with zero attached hydrogens (tertiary/aromatic N) is 1. The molecular formula is C15H17NO2. The average Bonchev–Trinajstić information content (AvgIpc) is 2.79. The summed E-state index contributed by atoms with van der Waals surface area (Å²) >= 11 is 0. The Morgan fingerprint density at radius 3 is 2.78 bits per heavy atom. The van der Waals surface area contributed by atoms with Gasteiger partial charge < -0.3 is 10.2 Å². The number of rotatable bonds is 2. The van der Waals surface area contributed by atoms with Crippen LogP contribution in [0.25, 0.3) is 10.8 Å². The summed E-state index contributed by atoms with van der Waals surface area (Å²) in [7, 11) is 0. The normalized spacial score (nSPS) is 20.6. The van der Waals surface area contributed by atoms with Crippen molar-refractivity contribution in [1.82, 2.24) is 4.90 Å². The summed E-state index contributed by atoms with van der Waals surface area (Å²) in [4.78, 5) is 2.19. The minimum atomic E-state index is -0.220. The van der Waals surface area contributed by atoms with E-state index in [4.69, 9.17) is 0 Å². The molecule has 94 valence electrons. The van der Waals surface area contributed by atoms with Crippen molar-refractivity contribution in [2.45, 2.75) is 19.1 Å². The van der Waals surface area contributed by atoms with E-state index in [2.05, 4.69) is 11.0 Å². The van der Waals surface area contributed by atoms with Crippen molar-refractivity contribution in [2.75, 3.05) is 13.1 Å². The fourth-order valence-electron chi connectivity index (χ4n) is 2.67. The molecule has 3 nitrogen and oxygen atoms in total. The number of aliphatic hydroxyl groups is 1. The van der Waals surface area contributed by atoms with Crippen molar-refractivity contribution >= 4 is 10.8 Å². The molecule has 0 radical (unpaired) electrons. The number of phenols is 1. The number of hydrogen-bond acceptors (Lipinski definition) is 3. The van der Waals surface area contributed by atoms with E-state index >= 15 is 0 Å².